The number of rotatable bonds is 7. The van der Waals surface area contributed by atoms with Gasteiger partial charge in [-0.1, -0.05) is 77.2 Å². The molecule has 3 aromatic rings. The van der Waals surface area contributed by atoms with Crippen LogP contribution >= 0.6 is 29.9 Å². The largest absolute Gasteiger partial charge is 1.00 e. The fourth-order valence-corrected chi connectivity index (χ4v) is 8.28. The Bertz CT molecular complexity index is 633. The Hall–Kier alpha value is -0.450. The predicted molar refractivity (Wildman–Crippen MR) is 118 cm³/mol. The van der Waals surface area contributed by atoms with Gasteiger partial charge in [-0.05, 0) is 53.7 Å². The second kappa shape index (κ2) is 10.6. The quantitative estimate of drug-likeness (QED) is 0.177. The molecule has 0 saturated heterocycles. The van der Waals surface area contributed by atoms with Gasteiger partial charge < -0.3 is 24.0 Å². The first-order valence-electron chi connectivity index (χ1n) is 8.49. The van der Waals surface area contributed by atoms with Gasteiger partial charge in [0, 0.05) is 0 Å². The van der Waals surface area contributed by atoms with Gasteiger partial charge in [0.05, 0.1) is 6.16 Å². The second-order valence-corrected chi connectivity index (χ2v) is 10.6. The first kappa shape index (κ1) is 20.9. The van der Waals surface area contributed by atoms with Crippen molar-refractivity contribution in [2.24, 2.45) is 0 Å². The van der Waals surface area contributed by atoms with Gasteiger partial charge in [-0.3, -0.25) is 0 Å². The summed E-state index contributed by atoms with van der Waals surface area (Å²) in [5.41, 5.74) is 0. The van der Waals surface area contributed by atoms with Crippen molar-refractivity contribution >= 4 is 45.8 Å². The molecule has 3 aromatic carbocycles. The molecule has 3 rings (SSSR count). The Morgan fingerprint density at radius 2 is 0.920 bits per heavy atom. The molecule has 0 unspecified atom stereocenters. The van der Waals surface area contributed by atoms with Gasteiger partial charge in [-0.2, -0.15) is 0 Å². The molecule has 25 heavy (non-hydrogen) atoms. The van der Waals surface area contributed by atoms with Crippen LogP contribution in [0.5, 0.6) is 0 Å². The molecule has 0 radical (unpaired) electrons. The fraction of sp³-hybridized carbons (Fsp3) is 0.182. The van der Waals surface area contributed by atoms with Crippen molar-refractivity contribution in [1.29, 1.82) is 0 Å². The van der Waals surface area contributed by atoms with Gasteiger partial charge >= 0.3 is 0 Å². The topological polar surface area (TPSA) is 0 Å². The van der Waals surface area contributed by atoms with Crippen LogP contribution in [0.1, 0.15) is 12.8 Å². The minimum Gasteiger partial charge on any atom is -1.00 e. The van der Waals surface area contributed by atoms with Crippen LogP contribution < -0.4 is 39.9 Å². The van der Waals surface area contributed by atoms with Crippen LogP contribution in [-0.2, 0) is 0 Å². The standard InChI is InChI=1S/C22H23IP.HI/c23-18-10-11-19-24(20-12-4-1-5-13-20,21-14-6-2-7-15-21)22-16-8-3-9-17-22;/h1-9,12-17H,10-11,18-19H2;1H/q+1;/p-1. The SMILES string of the molecule is ICCCC[P+](c1ccccc1)(c1ccccc1)c1ccccc1.[I-]. The van der Waals surface area contributed by atoms with E-state index in [-0.39, 0.29) is 24.0 Å². The first-order chi connectivity index (χ1) is 11.9. The van der Waals surface area contributed by atoms with Crippen LogP contribution in [0.4, 0.5) is 0 Å². The van der Waals surface area contributed by atoms with Crippen molar-refractivity contribution in [3.63, 3.8) is 0 Å². The lowest BCUT2D eigenvalue weighted by atomic mass is 10.3. The van der Waals surface area contributed by atoms with E-state index in [9.17, 15) is 0 Å². The lowest BCUT2D eigenvalue weighted by Gasteiger charge is -2.27. The summed E-state index contributed by atoms with van der Waals surface area (Å²) in [5.74, 6) is 0. The van der Waals surface area contributed by atoms with Crippen LogP contribution in [0.25, 0.3) is 0 Å². The Kier molecular flexibility index (Phi) is 8.88. The number of unbranched alkanes of at least 4 members (excludes halogenated alkanes) is 1. The molecule has 130 valence electrons. The third kappa shape index (κ3) is 4.84. The molecule has 3 heteroatoms. The fourth-order valence-electron chi connectivity index (χ4n) is 3.33. The highest BCUT2D eigenvalue weighted by Crippen LogP contribution is 2.55. The lowest BCUT2D eigenvalue weighted by Crippen LogP contribution is -3.00. The van der Waals surface area contributed by atoms with E-state index in [4.69, 9.17) is 0 Å². The zero-order valence-corrected chi connectivity index (χ0v) is 19.4. The van der Waals surface area contributed by atoms with E-state index in [1.54, 1.807) is 0 Å². The van der Waals surface area contributed by atoms with E-state index >= 15 is 0 Å². The average Bonchev–Trinajstić information content (AvgIpc) is 2.68. The maximum absolute atomic E-state index is 2.50. The molecule has 0 heterocycles. The van der Waals surface area contributed by atoms with Crippen molar-refractivity contribution in [2.75, 3.05) is 10.6 Å². The number of hydrogen-bond acceptors (Lipinski definition) is 0. The van der Waals surface area contributed by atoms with E-state index < -0.39 is 7.26 Å². The predicted octanol–water partition coefficient (Wildman–Crippen LogP) is 2.20. The van der Waals surface area contributed by atoms with Crippen LogP contribution in [0, 0.1) is 0 Å². The molecular weight excluding hydrogens is 549 g/mol. The van der Waals surface area contributed by atoms with Crippen molar-refractivity contribution in [1.82, 2.24) is 0 Å². The number of alkyl halides is 1. The Balaban J connectivity index is 0.00000225. The summed E-state index contributed by atoms with van der Waals surface area (Å²) in [6.07, 6.45) is 3.80. The summed E-state index contributed by atoms with van der Waals surface area (Å²) < 4.78 is 1.23. The summed E-state index contributed by atoms with van der Waals surface area (Å²) in [6, 6.07) is 33.5. The van der Waals surface area contributed by atoms with Gasteiger partial charge in [0.15, 0.2) is 0 Å². The molecule has 0 bridgehead atoms. The zero-order valence-electron chi connectivity index (χ0n) is 14.2. The van der Waals surface area contributed by atoms with Crippen molar-refractivity contribution in [3.05, 3.63) is 91.0 Å². The van der Waals surface area contributed by atoms with Crippen molar-refractivity contribution in [3.8, 4) is 0 Å². The molecule has 0 atom stereocenters. The van der Waals surface area contributed by atoms with Gasteiger partial charge in [0.25, 0.3) is 0 Å². The molecule has 0 spiro atoms. The van der Waals surface area contributed by atoms with Crippen LogP contribution in [0.2, 0.25) is 0 Å². The van der Waals surface area contributed by atoms with E-state index in [0.717, 1.165) is 0 Å². The molecule has 0 aliphatic carbocycles. The van der Waals surface area contributed by atoms with Crippen molar-refractivity contribution in [2.45, 2.75) is 12.8 Å². The highest BCUT2D eigenvalue weighted by molar-refractivity contribution is 14.1. The monoisotopic (exact) mass is 572 g/mol. The van der Waals surface area contributed by atoms with Gasteiger partial charge in [-0.15, -0.1) is 0 Å². The molecule has 0 amide bonds. The summed E-state index contributed by atoms with van der Waals surface area (Å²) in [4.78, 5) is 0. The van der Waals surface area contributed by atoms with E-state index in [2.05, 4.69) is 114 Å². The Labute approximate surface area is 182 Å². The molecule has 0 nitrogen and oxygen atoms in total. The summed E-state index contributed by atoms with van der Waals surface area (Å²) >= 11 is 2.50. The summed E-state index contributed by atoms with van der Waals surface area (Å²) in [7, 11) is -1.59. The minimum atomic E-state index is -1.59. The van der Waals surface area contributed by atoms with Gasteiger partial charge in [0.1, 0.15) is 23.2 Å². The van der Waals surface area contributed by atoms with E-state index in [1.165, 1.54) is 39.3 Å². The maximum atomic E-state index is 2.50. The smallest absolute Gasteiger partial charge is 0.112 e. The highest BCUT2D eigenvalue weighted by Gasteiger charge is 2.44. The summed E-state index contributed by atoms with van der Waals surface area (Å²) in [5, 5.41) is 4.49. The average molecular weight is 572 g/mol. The molecule has 0 aliphatic rings. The first-order valence-corrected chi connectivity index (χ1v) is 12.0. The van der Waals surface area contributed by atoms with E-state index in [1.807, 2.05) is 0 Å². The second-order valence-electron chi connectivity index (χ2n) is 5.94. The molecule has 0 N–H and O–H groups in total. The molecular formula is C22H23I2P. The molecule has 0 saturated carbocycles. The number of hydrogen-bond donors (Lipinski definition) is 0. The third-order valence-corrected chi connectivity index (χ3v) is 9.76. The number of halogens is 2. The van der Waals surface area contributed by atoms with Gasteiger partial charge in [0.2, 0.25) is 0 Å². The Morgan fingerprint density at radius 3 is 1.24 bits per heavy atom. The molecule has 0 aromatic heterocycles. The normalized spacial score (nSPS) is 10.9. The lowest BCUT2D eigenvalue weighted by molar-refractivity contribution is -0.00000456. The third-order valence-electron chi connectivity index (χ3n) is 4.47. The minimum absolute atomic E-state index is 0. The highest BCUT2D eigenvalue weighted by atomic mass is 127. The van der Waals surface area contributed by atoms with Crippen LogP contribution in [0.3, 0.4) is 0 Å². The number of benzene rings is 3. The Morgan fingerprint density at radius 1 is 0.560 bits per heavy atom. The zero-order chi connectivity index (χ0) is 16.7. The van der Waals surface area contributed by atoms with Crippen molar-refractivity contribution < 1.29 is 24.0 Å². The van der Waals surface area contributed by atoms with E-state index in [0.29, 0.717) is 0 Å². The van der Waals surface area contributed by atoms with Crippen LogP contribution in [0.15, 0.2) is 91.0 Å². The summed E-state index contributed by atoms with van der Waals surface area (Å²) in [6.45, 7) is 0. The maximum Gasteiger partial charge on any atom is 0.112 e. The van der Waals surface area contributed by atoms with Crippen LogP contribution in [-0.4, -0.2) is 10.6 Å². The molecule has 0 aliphatic heterocycles. The van der Waals surface area contributed by atoms with Gasteiger partial charge in [-0.25, -0.2) is 0 Å². The molecule has 0 fully saturated rings.